The van der Waals surface area contributed by atoms with E-state index in [1.807, 2.05) is 0 Å². The van der Waals surface area contributed by atoms with Crippen molar-refractivity contribution in [1.29, 1.82) is 0 Å². The maximum absolute atomic E-state index is 13.9. The van der Waals surface area contributed by atoms with E-state index in [9.17, 15) is 13.0 Å². The molecule has 100 valence electrons. The van der Waals surface area contributed by atoms with Crippen LogP contribution >= 0.6 is 0 Å². The highest BCUT2D eigenvalue weighted by Gasteiger charge is 2.22. The van der Waals surface area contributed by atoms with E-state index in [1.54, 1.807) is 4.90 Å². The fourth-order valence-electron chi connectivity index (χ4n) is 2.09. The van der Waals surface area contributed by atoms with Gasteiger partial charge in [-0.1, -0.05) is 0 Å². The SMILES string of the molecule is NCCc1cc(F)c(N2CCS(=O)CC2)c(F)c1. The first kappa shape index (κ1) is 13.4. The van der Waals surface area contributed by atoms with E-state index >= 15 is 0 Å². The number of halogens is 2. The molecule has 3 nitrogen and oxygen atoms in total. The average Bonchev–Trinajstić information content (AvgIpc) is 2.31. The molecule has 1 aliphatic heterocycles. The molecule has 1 aliphatic rings. The summed E-state index contributed by atoms with van der Waals surface area (Å²) in [5.74, 6) is -0.204. The number of nitrogens with zero attached hydrogens (tertiary/aromatic N) is 1. The summed E-state index contributed by atoms with van der Waals surface area (Å²) in [7, 11) is -0.858. The van der Waals surface area contributed by atoms with Crippen LogP contribution in [0.25, 0.3) is 0 Å². The van der Waals surface area contributed by atoms with Crippen LogP contribution in [-0.2, 0) is 17.2 Å². The van der Waals surface area contributed by atoms with E-state index in [1.165, 1.54) is 12.1 Å². The highest BCUT2D eigenvalue weighted by atomic mass is 32.2. The number of rotatable bonds is 3. The smallest absolute Gasteiger partial charge is 0.149 e. The molecule has 0 amide bonds. The second-order valence-electron chi connectivity index (χ2n) is 4.28. The van der Waals surface area contributed by atoms with E-state index in [2.05, 4.69) is 0 Å². The van der Waals surface area contributed by atoms with Crippen molar-refractivity contribution in [2.75, 3.05) is 36.0 Å². The highest BCUT2D eigenvalue weighted by Crippen LogP contribution is 2.26. The molecular formula is C12H16F2N2OS. The zero-order chi connectivity index (χ0) is 13.1. The first-order chi connectivity index (χ1) is 8.61. The van der Waals surface area contributed by atoms with Crippen molar-refractivity contribution in [3.8, 4) is 0 Å². The van der Waals surface area contributed by atoms with Gasteiger partial charge in [0.1, 0.15) is 17.3 Å². The van der Waals surface area contributed by atoms with Gasteiger partial charge in [-0.2, -0.15) is 0 Å². The molecule has 0 aromatic heterocycles. The number of benzene rings is 1. The second-order valence-corrected chi connectivity index (χ2v) is 5.98. The van der Waals surface area contributed by atoms with Crippen molar-refractivity contribution >= 4 is 16.5 Å². The zero-order valence-electron chi connectivity index (χ0n) is 9.99. The third-order valence-electron chi connectivity index (χ3n) is 3.00. The third-order valence-corrected chi connectivity index (χ3v) is 4.28. The van der Waals surface area contributed by atoms with Crippen molar-refractivity contribution < 1.29 is 13.0 Å². The lowest BCUT2D eigenvalue weighted by Gasteiger charge is -2.29. The van der Waals surface area contributed by atoms with Crippen molar-refractivity contribution in [2.45, 2.75) is 6.42 Å². The Morgan fingerprint density at radius 2 is 1.78 bits per heavy atom. The molecule has 0 aliphatic carbocycles. The van der Waals surface area contributed by atoms with Gasteiger partial charge in [0, 0.05) is 35.4 Å². The Morgan fingerprint density at radius 1 is 1.22 bits per heavy atom. The second kappa shape index (κ2) is 5.75. The minimum atomic E-state index is -0.858. The minimum Gasteiger partial charge on any atom is -0.365 e. The molecule has 0 bridgehead atoms. The molecule has 0 saturated carbocycles. The maximum atomic E-state index is 13.9. The summed E-state index contributed by atoms with van der Waals surface area (Å²) >= 11 is 0. The van der Waals surface area contributed by atoms with Crippen LogP contribution in [0, 0.1) is 11.6 Å². The molecule has 1 heterocycles. The van der Waals surface area contributed by atoms with Crippen LogP contribution in [0.1, 0.15) is 5.56 Å². The van der Waals surface area contributed by atoms with Gasteiger partial charge in [-0.05, 0) is 30.7 Å². The van der Waals surface area contributed by atoms with Crippen LogP contribution in [0.15, 0.2) is 12.1 Å². The van der Waals surface area contributed by atoms with Crippen LogP contribution < -0.4 is 10.6 Å². The lowest BCUT2D eigenvalue weighted by atomic mass is 10.1. The van der Waals surface area contributed by atoms with Crippen molar-refractivity contribution in [3.63, 3.8) is 0 Å². The summed E-state index contributed by atoms with van der Waals surface area (Å²) in [6.07, 6.45) is 0.456. The molecule has 1 fully saturated rings. The Morgan fingerprint density at radius 3 is 2.28 bits per heavy atom. The van der Waals surface area contributed by atoms with E-state index in [0.29, 0.717) is 43.1 Å². The summed E-state index contributed by atoms with van der Waals surface area (Å²) < 4.78 is 39.1. The molecule has 0 atom stereocenters. The van der Waals surface area contributed by atoms with Gasteiger partial charge in [0.25, 0.3) is 0 Å². The summed E-state index contributed by atoms with van der Waals surface area (Å²) in [5.41, 5.74) is 5.93. The van der Waals surface area contributed by atoms with Crippen LogP contribution in [-0.4, -0.2) is 35.3 Å². The minimum absolute atomic E-state index is 0.00697. The number of hydrogen-bond acceptors (Lipinski definition) is 3. The fourth-order valence-corrected chi connectivity index (χ4v) is 3.14. The Kier molecular flexibility index (Phi) is 4.29. The van der Waals surface area contributed by atoms with Crippen LogP contribution in [0.3, 0.4) is 0 Å². The molecule has 6 heteroatoms. The largest absolute Gasteiger partial charge is 0.365 e. The Hall–Kier alpha value is -1.01. The van der Waals surface area contributed by atoms with Gasteiger partial charge in [0.15, 0.2) is 0 Å². The zero-order valence-corrected chi connectivity index (χ0v) is 10.8. The van der Waals surface area contributed by atoms with E-state index in [-0.39, 0.29) is 5.69 Å². The van der Waals surface area contributed by atoms with Gasteiger partial charge in [-0.3, -0.25) is 4.21 Å². The van der Waals surface area contributed by atoms with Gasteiger partial charge >= 0.3 is 0 Å². The van der Waals surface area contributed by atoms with E-state index in [4.69, 9.17) is 5.73 Å². The van der Waals surface area contributed by atoms with Crippen LogP contribution in [0.4, 0.5) is 14.5 Å². The molecule has 0 spiro atoms. The molecule has 0 unspecified atom stereocenters. The topological polar surface area (TPSA) is 46.3 Å². The lowest BCUT2D eigenvalue weighted by molar-refractivity contribution is 0.568. The quantitative estimate of drug-likeness (QED) is 0.895. The van der Waals surface area contributed by atoms with Crippen molar-refractivity contribution in [1.82, 2.24) is 0 Å². The molecule has 1 saturated heterocycles. The van der Waals surface area contributed by atoms with Gasteiger partial charge < -0.3 is 10.6 Å². The molecule has 0 radical (unpaired) electrons. The standard InChI is InChI=1S/C12H16F2N2OS/c13-10-7-9(1-2-15)8-11(14)12(10)16-3-5-18(17)6-4-16/h7-8H,1-6,15H2. The first-order valence-corrected chi connectivity index (χ1v) is 7.38. The monoisotopic (exact) mass is 274 g/mol. The predicted molar refractivity (Wildman–Crippen MR) is 69.2 cm³/mol. The third kappa shape index (κ3) is 2.87. The van der Waals surface area contributed by atoms with Gasteiger partial charge in [0.05, 0.1) is 0 Å². The van der Waals surface area contributed by atoms with Crippen molar-refractivity contribution in [3.05, 3.63) is 29.3 Å². The van der Waals surface area contributed by atoms with Gasteiger partial charge in [-0.25, -0.2) is 8.78 Å². The molecule has 18 heavy (non-hydrogen) atoms. The molecule has 1 aromatic carbocycles. The molecule has 2 N–H and O–H groups in total. The average molecular weight is 274 g/mol. The Bertz CT molecular complexity index is 434. The summed E-state index contributed by atoms with van der Waals surface area (Å²) in [6.45, 7) is 1.22. The van der Waals surface area contributed by atoms with Gasteiger partial charge in [-0.15, -0.1) is 0 Å². The normalized spacial score (nSPS) is 17.2. The number of hydrogen-bond donors (Lipinski definition) is 1. The molecule has 1 aromatic rings. The highest BCUT2D eigenvalue weighted by molar-refractivity contribution is 7.85. The van der Waals surface area contributed by atoms with Crippen LogP contribution in [0.5, 0.6) is 0 Å². The number of anilines is 1. The van der Waals surface area contributed by atoms with Crippen molar-refractivity contribution in [2.24, 2.45) is 5.73 Å². The Labute approximate surface area is 107 Å². The number of nitrogens with two attached hydrogens (primary N) is 1. The molecule has 2 rings (SSSR count). The molecular weight excluding hydrogens is 258 g/mol. The van der Waals surface area contributed by atoms with Gasteiger partial charge in [0.2, 0.25) is 0 Å². The first-order valence-electron chi connectivity index (χ1n) is 5.89. The Balaban J connectivity index is 2.25. The predicted octanol–water partition coefficient (Wildman–Crippen LogP) is 1.03. The van der Waals surface area contributed by atoms with Crippen LogP contribution in [0.2, 0.25) is 0 Å². The van der Waals surface area contributed by atoms with E-state index < -0.39 is 22.4 Å². The fraction of sp³-hybridized carbons (Fsp3) is 0.500. The maximum Gasteiger partial charge on any atom is 0.149 e. The summed E-state index contributed by atoms with van der Waals surface area (Å²) in [4.78, 5) is 1.62. The lowest BCUT2D eigenvalue weighted by Crippen LogP contribution is -2.38. The summed E-state index contributed by atoms with van der Waals surface area (Å²) in [6, 6.07) is 2.66. The summed E-state index contributed by atoms with van der Waals surface area (Å²) in [5, 5.41) is 0. The van der Waals surface area contributed by atoms with E-state index in [0.717, 1.165) is 0 Å².